The average Bonchev–Trinajstić information content (AvgIpc) is 2.71. The molecule has 0 saturated heterocycles. The summed E-state index contributed by atoms with van der Waals surface area (Å²) >= 11 is 0. The highest BCUT2D eigenvalue weighted by molar-refractivity contribution is 7.91. The molecular weight excluding hydrogens is 383 g/mol. The summed E-state index contributed by atoms with van der Waals surface area (Å²) < 4.78 is 39.7. The standard InChI is InChI=1S/C23H31FO2S.C2H6/c1-4-9-19(10-5-2)11-8-12-20-17-21(16-15-18(20)3)27(25,26)23-14-7-6-13-22(23)24;1-2/h6-7,13-17,19H,4-5,8-12H2,1-3H3;1-2H3. The molecule has 0 N–H and O–H groups in total. The van der Waals surface area contributed by atoms with Gasteiger partial charge in [0.25, 0.3) is 0 Å². The van der Waals surface area contributed by atoms with Crippen molar-refractivity contribution in [3.63, 3.8) is 0 Å². The monoisotopic (exact) mass is 420 g/mol. The Hall–Kier alpha value is -1.68. The molecule has 2 aromatic rings. The number of hydrogen-bond acceptors (Lipinski definition) is 2. The van der Waals surface area contributed by atoms with Gasteiger partial charge < -0.3 is 0 Å². The van der Waals surface area contributed by atoms with Crippen LogP contribution in [0.1, 0.15) is 77.3 Å². The Morgan fingerprint density at radius 3 is 2.14 bits per heavy atom. The highest BCUT2D eigenvalue weighted by Crippen LogP contribution is 2.27. The van der Waals surface area contributed by atoms with Crippen LogP contribution in [0.2, 0.25) is 0 Å². The van der Waals surface area contributed by atoms with Gasteiger partial charge in [0, 0.05) is 0 Å². The lowest BCUT2D eigenvalue weighted by Gasteiger charge is -2.16. The van der Waals surface area contributed by atoms with Gasteiger partial charge in [-0.25, -0.2) is 12.8 Å². The molecule has 0 bridgehead atoms. The molecule has 4 heteroatoms. The molecule has 0 unspecified atom stereocenters. The minimum atomic E-state index is -3.84. The lowest BCUT2D eigenvalue weighted by Crippen LogP contribution is -2.06. The van der Waals surface area contributed by atoms with Crippen molar-refractivity contribution in [2.24, 2.45) is 5.92 Å². The van der Waals surface area contributed by atoms with E-state index in [1.165, 1.54) is 50.3 Å². The number of hydrogen-bond donors (Lipinski definition) is 0. The average molecular weight is 421 g/mol. The summed E-state index contributed by atoms with van der Waals surface area (Å²) in [5.74, 6) is 0.0484. The summed E-state index contributed by atoms with van der Waals surface area (Å²) in [5.41, 5.74) is 2.13. The highest BCUT2D eigenvalue weighted by atomic mass is 32.2. The quantitative estimate of drug-likeness (QED) is 0.398. The number of sulfone groups is 1. The van der Waals surface area contributed by atoms with Gasteiger partial charge in [-0.05, 0) is 61.1 Å². The van der Waals surface area contributed by atoms with Gasteiger partial charge >= 0.3 is 0 Å². The molecule has 0 saturated carbocycles. The Bertz CT molecular complexity index is 838. The Balaban J connectivity index is 0.00000204. The fourth-order valence-electron chi connectivity index (χ4n) is 3.70. The zero-order chi connectivity index (χ0) is 21.9. The maximum Gasteiger partial charge on any atom is 0.209 e. The number of rotatable bonds is 10. The Kier molecular flexibility index (Phi) is 11.2. The topological polar surface area (TPSA) is 34.1 Å². The Labute approximate surface area is 177 Å². The molecule has 29 heavy (non-hydrogen) atoms. The van der Waals surface area contributed by atoms with Crippen LogP contribution in [-0.2, 0) is 16.3 Å². The van der Waals surface area contributed by atoms with Crippen LogP contribution in [0.15, 0.2) is 52.3 Å². The molecule has 0 aliphatic rings. The number of halogens is 1. The van der Waals surface area contributed by atoms with Gasteiger partial charge in [-0.1, -0.05) is 78.0 Å². The fourth-order valence-corrected chi connectivity index (χ4v) is 5.09. The SMILES string of the molecule is CC.CCCC(CCC)CCCc1cc(S(=O)(=O)c2ccccc2F)ccc1C. The Morgan fingerprint density at radius 2 is 1.55 bits per heavy atom. The number of benzene rings is 2. The van der Waals surface area contributed by atoms with E-state index in [0.29, 0.717) is 0 Å². The van der Waals surface area contributed by atoms with E-state index in [2.05, 4.69) is 13.8 Å². The van der Waals surface area contributed by atoms with Crippen molar-refractivity contribution in [1.82, 2.24) is 0 Å². The summed E-state index contributed by atoms with van der Waals surface area (Å²) in [4.78, 5) is -0.0855. The van der Waals surface area contributed by atoms with Crippen molar-refractivity contribution in [2.75, 3.05) is 0 Å². The third-order valence-corrected chi connectivity index (χ3v) is 6.99. The van der Waals surface area contributed by atoms with Crippen LogP contribution >= 0.6 is 0 Å². The third kappa shape index (κ3) is 7.26. The Morgan fingerprint density at radius 1 is 0.931 bits per heavy atom. The van der Waals surface area contributed by atoms with Gasteiger partial charge in [-0.15, -0.1) is 0 Å². The molecule has 0 fully saturated rings. The van der Waals surface area contributed by atoms with E-state index in [-0.39, 0.29) is 9.79 Å². The minimum Gasteiger partial charge on any atom is -0.218 e. The smallest absolute Gasteiger partial charge is 0.209 e. The van der Waals surface area contributed by atoms with Crippen LogP contribution in [0.3, 0.4) is 0 Å². The van der Waals surface area contributed by atoms with Crippen LogP contribution in [0, 0.1) is 18.7 Å². The fraction of sp³-hybridized carbons (Fsp3) is 0.520. The van der Waals surface area contributed by atoms with Crippen LogP contribution in [0.4, 0.5) is 4.39 Å². The van der Waals surface area contributed by atoms with Gasteiger partial charge in [0.1, 0.15) is 10.7 Å². The number of aryl methyl sites for hydroxylation is 2. The molecule has 2 nitrogen and oxygen atoms in total. The molecule has 0 amide bonds. The first-order chi connectivity index (χ1) is 13.9. The largest absolute Gasteiger partial charge is 0.218 e. The molecule has 162 valence electrons. The van der Waals surface area contributed by atoms with Gasteiger partial charge in [0.15, 0.2) is 0 Å². The zero-order valence-corrected chi connectivity index (χ0v) is 19.5. The third-order valence-electron chi connectivity index (χ3n) is 5.21. The first kappa shape index (κ1) is 25.4. The summed E-state index contributed by atoms with van der Waals surface area (Å²) in [6, 6.07) is 10.7. The second kappa shape index (κ2) is 12.8. The van der Waals surface area contributed by atoms with Gasteiger partial charge in [-0.3, -0.25) is 0 Å². The summed E-state index contributed by atoms with van der Waals surface area (Å²) in [5, 5.41) is 0. The summed E-state index contributed by atoms with van der Waals surface area (Å²) in [7, 11) is -3.84. The predicted octanol–water partition coefficient (Wildman–Crippen LogP) is 7.53. The van der Waals surface area contributed by atoms with E-state index < -0.39 is 15.7 Å². The van der Waals surface area contributed by atoms with E-state index in [1.54, 1.807) is 18.2 Å². The van der Waals surface area contributed by atoms with Crippen LogP contribution in [0.25, 0.3) is 0 Å². The van der Waals surface area contributed by atoms with Crippen molar-refractivity contribution >= 4 is 9.84 Å². The normalized spacial score (nSPS) is 11.3. The molecule has 0 atom stereocenters. The maximum absolute atomic E-state index is 14.0. The highest BCUT2D eigenvalue weighted by Gasteiger charge is 2.22. The maximum atomic E-state index is 14.0. The summed E-state index contributed by atoms with van der Waals surface area (Å²) in [6.45, 7) is 10.5. The van der Waals surface area contributed by atoms with E-state index >= 15 is 0 Å². The van der Waals surface area contributed by atoms with E-state index in [1.807, 2.05) is 26.8 Å². The second-order valence-corrected chi connectivity index (χ2v) is 9.28. The van der Waals surface area contributed by atoms with Crippen molar-refractivity contribution in [3.05, 3.63) is 59.4 Å². The van der Waals surface area contributed by atoms with E-state index in [4.69, 9.17) is 0 Å². The first-order valence-electron chi connectivity index (χ1n) is 11.0. The van der Waals surface area contributed by atoms with Gasteiger partial charge in [-0.2, -0.15) is 0 Å². The first-order valence-corrected chi connectivity index (χ1v) is 12.5. The lowest BCUT2D eigenvalue weighted by atomic mass is 9.91. The molecular formula is C25H37FO2S. The minimum absolute atomic E-state index is 0.173. The van der Waals surface area contributed by atoms with Crippen molar-refractivity contribution in [3.8, 4) is 0 Å². The molecule has 2 aromatic carbocycles. The van der Waals surface area contributed by atoms with Crippen LogP contribution in [-0.4, -0.2) is 8.42 Å². The predicted molar refractivity (Wildman–Crippen MR) is 121 cm³/mol. The molecule has 0 radical (unpaired) electrons. The van der Waals surface area contributed by atoms with E-state index in [0.717, 1.165) is 29.9 Å². The summed E-state index contributed by atoms with van der Waals surface area (Å²) in [6.07, 6.45) is 8.01. The van der Waals surface area contributed by atoms with E-state index in [9.17, 15) is 12.8 Å². The molecule has 0 heterocycles. The molecule has 0 spiro atoms. The van der Waals surface area contributed by atoms with Gasteiger partial charge in [0.05, 0.1) is 4.90 Å². The van der Waals surface area contributed by atoms with Crippen molar-refractivity contribution in [1.29, 1.82) is 0 Å². The van der Waals surface area contributed by atoms with Crippen molar-refractivity contribution in [2.45, 2.75) is 89.4 Å². The second-order valence-electron chi connectivity index (χ2n) is 7.36. The van der Waals surface area contributed by atoms with Crippen molar-refractivity contribution < 1.29 is 12.8 Å². The van der Waals surface area contributed by atoms with Crippen LogP contribution in [0.5, 0.6) is 0 Å². The van der Waals surface area contributed by atoms with Crippen LogP contribution < -0.4 is 0 Å². The molecule has 0 aromatic heterocycles. The lowest BCUT2D eigenvalue weighted by molar-refractivity contribution is 0.400. The molecule has 0 aliphatic heterocycles. The van der Waals surface area contributed by atoms with Gasteiger partial charge in [0.2, 0.25) is 9.84 Å². The molecule has 0 aliphatic carbocycles. The molecule has 2 rings (SSSR count). The zero-order valence-electron chi connectivity index (χ0n) is 18.7.